The van der Waals surface area contributed by atoms with Crippen LogP contribution in [0, 0.1) is 27.7 Å². The quantitative estimate of drug-likeness (QED) is 0.537. The lowest BCUT2D eigenvalue weighted by Gasteiger charge is -2.19. The number of aromatic nitrogens is 5. The smallest absolute Gasteiger partial charge is 0.228 e. The van der Waals surface area contributed by atoms with Gasteiger partial charge in [0.1, 0.15) is 11.6 Å². The van der Waals surface area contributed by atoms with E-state index in [9.17, 15) is 0 Å². The Morgan fingerprint density at radius 2 is 1.83 bits per heavy atom. The number of fused-ring (bicyclic) bond motifs is 1. The van der Waals surface area contributed by atoms with Crippen molar-refractivity contribution in [3.05, 3.63) is 52.7 Å². The Hall–Kier alpha value is -3.55. The summed E-state index contributed by atoms with van der Waals surface area (Å²) in [5, 5.41) is 8.51. The van der Waals surface area contributed by atoms with Gasteiger partial charge in [0, 0.05) is 10.9 Å². The molecule has 0 bridgehead atoms. The highest BCUT2D eigenvalue weighted by Gasteiger charge is 2.22. The summed E-state index contributed by atoms with van der Waals surface area (Å²) in [4.78, 5) is 17.6. The summed E-state index contributed by atoms with van der Waals surface area (Å²) in [6.45, 7) is 9.70. The molecule has 8 heteroatoms. The molecule has 0 aliphatic carbocycles. The average Bonchev–Trinajstić information content (AvgIpc) is 2.98. The first-order chi connectivity index (χ1) is 13.8. The maximum atomic E-state index is 5.78. The molecule has 4 aromatic rings. The first kappa shape index (κ1) is 18.8. The number of anilines is 2. The average molecular weight is 389 g/mol. The first-order valence-electron chi connectivity index (χ1n) is 9.41. The third-order valence-electron chi connectivity index (χ3n) is 4.92. The monoisotopic (exact) mass is 389 g/mol. The zero-order valence-electron chi connectivity index (χ0n) is 17.1. The van der Waals surface area contributed by atoms with Crippen molar-refractivity contribution in [3.63, 3.8) is 0 Å². The van der Waals surface area contributed by atoms with E-state index in [-0.39, 0.29) is 12.0 Å². The van der Waals surface area contributed by atoms with E-state index in [0.29, 0.717) is 11.8 Å². The number of nitrogen functional groups attached to an aromatic ring is 1. The largest absolute Gasteiger partial charge is 0.368 e. The number of nitrogens with two attached hydrogens (primary N) is 1. The minimum atomic E-state index is -0.141. The van der Waals surface area contributed by atoms with Gasteiger partial charge in [-0.3, -0.25) is 0 Å². The molecule has 29 heavy (non-hydrogen) atoms. The molecule has 3 N–H and O–H groups in total. The van der Waals surface area contributed by atoms with Crippen LogP contribution in [-0.4, -0.2) is 25.1 Å². The van der Waals surface area contributed by atoms with Crippen LogP contribution in [0.4, 0.5) is 11.9 Å². The van der Waals surface area contributed by atoms with E-state index >= 15 is 0 Å². The molecule has 4 rings (SSSR count). The highest BCUT2D eigenvalue weighted by atomic mass is 16.5. The van der Waals surface area contributed by atoms with Crippen molar-refractivity contribution in [2.45, 2.75) is 40.7 Å². The number of pyridine rings is 1. The van der Waals surface area contributed by atoms with Gasteiger partial charge in [-0.2, -0.15) is 15.0 Å². The fourth-order valence-electron chi connectivity index (χ4n) is 3.55. The molecule has 0 fully saturated rings. The van der Waals surface area contributed by atoms with Crippen molar-refractivity contribution < 1.29 is 4.52 Å². The summed E-state index contributed by atoms with van der Waals surface area (Å²) in [6, 6.07) is 8.16. The van der Waals surface area contributed by atoms with Crippen molar-refractivity contribution in [2.75, 3.05) is 11.1 Å². The number of nitrogens with one attached hydrogen (secondary N) is 1. The van der Waals surface area contributed by atoms with Gasteiger partial charge in [0.2, 0.25) is 11.9 Å². The summed E-state index contributed by atoms with van der Waals surface area (Å²) in [6.07, 6.45) is 0. The molecule has 0 aliphatic rings. The van der Waals surface area contributed by atoms with Crippen LogP contribution in [0.1, 0.15) is 41.4 Å². The number of hydrogen-bond acceptors (Lipinski definition) is 8. The molecule has 1 unspecified atom stereocenters. The lowest BCUT2D eigenvalue weighted by Crippen LogP contribution is -2.14. The van der Waals surface area contributed by atoms with Gasteiger partial charge in [0.25, 0.3) is 0 Å². The van der Waals surface area contributed by atoms with Crippen molar-refractivity contribution in [1.82, 2.24) is 25.1 Å². The van der Waals surface area contributed by atoms with Gasteiger partial charge in [-0.15, -0.1) is 0 Å². The number of nitrogens with zero attached hydrogens (tertiary/aromatic N) is 5. The molecular formula is C21H23N7O. The lowest BCUT2D eigenvalue weighted by atomic mass is 9.97. The van der Waals surface area contributed by atoms with E-state index < -0.39 is 0 Å². The number of para-hydroxylation sites is 1. The molecular weight excluding hydrogens is 366 g/mol. The van der Waals surface area contributed by atoms with Gasteiger partial charge >= 0.3 is 0 Å². The van der Waals surface area contributed by atoms with Crippen LogP contribution >= 0.6 is 0 Å². The second kappa shape index (κ2) is 7.12. The summed E-state index contributed by atoms with van der Waals surface area (Å²) < 4.78 is 5.42. The van der Waals surface area contributed by atoms with E-state index in [2.05, 4.69) is 50.5 Å². The maximum absolute atomic E-state index is 5.78. The first-order valence-corrected chi connectivity index (χ1v) is 9.41. The Morgan fingerprint density at radius 3 is 2.52 bits per heavy atom. The zero-order chi connectivity index (χ0) is 20.7. The van der Waals surface area contributed by atoms with Gasteiger partial charge in [-0.05, 0) is 46.2 Å². The molecule has 0 saturated heterocycles. The second-order valence-electron chi connectivity index (χ2n) is 7.20. The summed E-state index contributed by atoms with van der Waals surface area (Å²) in [5.74, 6) is 1.91. The third kappa shape index (κ3) is 3.49. The molecule has 148 valence electrons. The minimum Gasteiger partial charge on any atom is -0.368 e. The molecule has 0 aliphatic heterocycles. The van der Waals surface area contributed by atoms with Gasteiger partial charge in [0.15, 0.2) is 0 Å². The van der Waals surface area contributed by atoms with Gasteiger partial charge in [0.05, 0.1) is 28.5 Å². The van der Waals surface area contributed by atoms with Crippen molar-refractivity contribution in [3.8, 4) is 11.3 Å². The van der Waals surface area contributed by atoms with Crippen LogP contribution in [-0.2, 0) is 0 Å². The van der Waals surface area contributed by atoms with Crippen molar-refractivity contribution in [2.24, 2.45) is 0 Å². The second-order valence-corrected chi connectivity index (χ2v) is 7.20. The Kier molecular flexibility index (Phi) is 4.62. The Morgan fingerprint density at radius 1 is 1.03 bits per heavy atom. The van der Waals surface area contributed by atoms with Gasteiger partial charge in [-0.25, -0.2) is 4.98 Å². The molecule has 3 heterocycles. The topological polar surface area (TPSA) is 116 Å². The molecule has 1 atom stereocenters. The molecule has 3 aromatic heterocycles. The van der Waals surface area contributed by atoms with Gasteiger partial charge < -0.3 is 15.6 Å². The summed E-state index contributed by atoms with van der Waals surface area (Å²) >= 11 is 0. The van der Waals surface area contributed by atoms with Crippen LogP contribution in [0.3, 0.4) is 0 Å². The van der Waals surface area contributed by atoms with Crippen molar-refractivity contribution in [1.29, 1.82) is 0 Å². The fourth-order valence-corrected chi connectivity index (χ4v) is 3.55. The number of hydrogen-bond donors (Lipinski definition) is 2. The van der Waals surface area contributed by atoms with E-state index in [1.807, 2.05) is 26.8 Å². The Bertz CT molecular complexity index is 1180. The Balaban J connectivity index is 1.88. The van der Waals surface area contributed by atoms with Crippen LogP contribution in [0.2, 0.25) is 0 Å². The predicted octanol–water partition coefficient (Wildman–Crippen LogP) is 4.06. The normalized spacial score (nSPS) is 12.3. The predicted molar refractivity (Wildman–Crippen MR) is 112 cm³/mol. The third-order valence-corrected chi connectivity index (χ3v) is 4.92. The number of rotatable bonds is 4. The summed E-state index contributed by atoms with van der Waals surface area (Å²) in [5.41, 5.74) is 11.4. The molecule has 0 radical (unpaired) electrons. The molecule has 1 aromatic carbocycles. The highest BCUT2D eigenvalue weighted by molar-refractivity contribution is 5.86. The summed E-state index contributed by atoms with van der Waals surface area (Å²) in [7, 11) is 0. The van der Waals surface area contributed by atoms with Crippen LogP contribution < -0.4 is 11.1 Å². The number of benzene rings is 1. The van der Waals surface area contributed by atoms with Crippen LogP contribution in [0.15, 0.2) is 28.8 Å². The number of aryl methyl sites for hydroxylation is 4. The molecule has 0 spiro atoms. The van der Waals surface area contributed by atoms with E-state index in [4.69, 9.17) is 15.2 Å². The fraction of sp³-hybridized carbons (Fsp3) is 0.286. The molecule has 0 amide bonds. The SMILES string of the molecule is Cc1nc(N)nc(NC(C)c2cc3cccc(C)c3nc2-c2c(C)noc2C)n1. The zero-order valence-corrected chi connectivity index (χ0v) is 17.1. The van der Waals surface area contributed by atoms with Crippen molar-refractivity contribution >= 4 is 22.8 Å². The minimum absolute atomic E-state index is 0.141. The molecule has 8 nitrogen and oxygen atoms in total. The van der Waals surface area contributed by atoms with Crippen LogP contribution in [0.25, 0.3) is 22.2 Å². The van der Waals surface area contributed by atoms with E-state index in [1.54, 1.807) is 6.92 Å². The lowest BCUT2D eigenvalue weighted by molar-refractivity contribution is 0.393. The van der Waals surface area contributed by atoms with Gasteiger partial charge in [-0.1, -0.05) is 23.4 Å². The van der Waals surface area contributed by atoms with Crippen LogP contribution in [0.5, 0.6) is 0 Å². The molecule has 0 saturated carbocycles. The van der Waals surface area contributed by atoms with E-state index in [0.717, 1.165) is 44.7 Å². The highest BCUT2D eigenvalue weighted by Crippen LogP contribution is 2.35. The Labute approximate surface area is 168 Å². The standard InChI is InChI=1S/C21H23N7O/c1-10-7-6-8-15-9-16(11(2)23-21-25-14(5)24-20(22)27-21)19(26-18(10)15)17-12(3)28-29-13(17)4/h6-9,11H,1-5H3,(H3,22,23,24,25,27). The van der Waals surface area contributed by atoms with E-state index in [1.165, 1.54) is 0 Å². The maximum Gasteiger partial charge on any atom is 0.228 e.